The van der Waals surface area contributed by atoms with Gasteiger partial charge in [-0.2, -0.15) is 0 Å². The molecule has 1 aliphatic carbocycles. The van der Waals surface area contributed by atoms with E-state index >= 15 is 0 Å². The molecule has 2 heterocycles. The van der Waals surface area contributed by atoms with Gasteiger partial charge in [-0.3, -0.25) is 9.69 Å². The summed E-state index contributed by atoms with van der Waals surface area (Å²) in [4.78, 5) is 44.1. The minimum atomic E-state index is -0.776. The number of carbonyl (C=O) groups excluding carboxylic acids is 3. The molecule has 2 aromatic carbocycles. The van der Waals surface area contributed by atoms with Crippen molar-refractivity contribution in [2.45, 2.75) is 77.0 Å². The second-order valence-corrected chi connectivity index (χ2v) is 13.1. The summed E-state index contributed by atoms with van der Waals surface area (Å²) < 4.78 is 36.6. The second-order valence-electron chi connectivity index (χ2n) is 13.1. The Bertz CT molecular complexity index is 1590. The standard InChI is InChI=1S/C36H43FN4O7/c1-36(2,3)48-35(44)40-28-13-11-27(12-14-28)39-32(42)30-19-26(37)20-38-33(30)47-31-22-41(16-17-46-31)21-25-18-24(34(43)45-4)10-15-29(25)23-8-6-5-7-9-23/h5-10,15,18-20,27-28,31H,11-14,16-17,21-22H2,1-4H3,(H,39,42)(H,40,44). The highest BCUT2D eigenvalue weighted by Gasteiger charge is 2.29. The van der Waals surface area contributed by atoms with E-state index < -0.39 is 35.7 Å². The summed E-state index contributed by atoms with van der Waals surface area (Å²) in [7, 11) is 1.35. The number of benzene rings is 2. The average molecular weight is 663 g/mol. The Morgan fingerprint density at radius 2 is 1.71 bits per heavy atom. The summed E-state index contributed by atoms with van der Waals surface area (Å²) in [6.45, 7) is 7.22. The summed E-state index contributed by atoms with van der Waals surface area (Å²) >= 11 is 0. The van der Waals surface area contributed by atoms with Crippen LogP contribution < -0.4 is 15.4 Å². The first kappa shape index (κ1) is 34.8. The Morgan fingerprint density at radius 3 is 2.40 bits per heavy atom. The molecule has 48 heavy (non-hydrogen) atoms. The molecule has 1 unspecified atom stereocenters. The van der Waals surface area contributed by atoms with E-state index in [1.807, 2.05) is 63.2 Å². The van der Waals surface area contributed by atoms with E-state index in [9.17, 15) is 18.8 Å². The van der Waals surface area contributed by atoms with Gasteiger partial charge in [-0.05, 0) is 81.3 Å². The van der Waals surface area contributed by atoms with Gasteiger partial charge in [0.2, 0.25) is 12.2 Å². The van der Waals surface area contributed by atoms with Crippen molar-refractivity contribution in [3.05, 3.63) is 83.3 Å². The lowest BCUT2D eigenvalue weighted by Gasteiger charge is -2.33. The van der Waals surface area contributed by atoms with E-state index in [0.717, 1.165) is 29.0 Å². The number of pyridine rings is 1. The molecule has 5 rings (SSSR count). The number of nitrogens with one attached hydrogen (secondary N) is 2. The van der Waals surface area contributed by atoms with Crippen molar-refractivity contribution in [3.63, 3.8) is 0 Å². The SMILES string of the molecule is COC(=O)c1ccc(-c2ccccc2)c(CN2CCOC(Oc3ncc(F)cc3C(=O)NC3CCC(NC(=O)OC(C)(C)C)CC3)C2)c1. The average Bonchev–Trinajstić information content (AvgIpc) is 3.05. The smallest absolute Gasteiger partial charge is 0.407 e. The number of rotatable bonds is 9. The molecule has 0 radical (unpaired) electrons. The minimum absolute atomic E-state index is 0.0260. The number of halogens is 1. The Labute approximate surface area is 280 Å². The zero-order chi connectivity index (χ0) is 34.3. The van der Waals surface area contributed by atoms with Crippen LogP contribution in [-0.2, 0) is 20.8 Å². The molecule has 1 saturated heterocycles. The zero-order valence-electron chi connectivity index (χ0n) is 27.8. The summed E-state index contributed by atoms with van der Waals surface area (Å²) in [6.07, 6.45) is 2.36. The molecule has 1 aromatic heterocycles. The minimum Gasteiger partial charge on any atom is -0.465 e. The predicted molar refractivity (Wildman–Crippen MR) is 176 cm³/mol. The lowest BCUT2D eigenvalue weighted by molar-refractivity contribution is -0.133. The van der Waals surface area contributed by atoms with Gasteiger partial charge < -0.3 is 29.6 Å². The maximum atomic E-state index is 14.3. The molecule has 1 saturated carbocycles. The van der Waals surface area contributed by atoms with E-state index in [4.69, 9.17) is 18.9 Å². The van der Waals surface area contributed by atoms with Gasteiger partial charge in [0.15, 0.2) is 0 Å². The third kappa shape index (κ3) is 9.51. The van der Waals surface area contributed by atoms with Gasteiger partial charge in [-0.15, -0.1) is 0 Å². The first-order chi connectivity index (χ1) is 23.0. The molecular weight excluding hydrogens is 619 g/mol. The number of esters is 1. The first-order valence-electron chi connectivity index (χ1n) is 16.2. The molecule has 2 N–H and O–H groups in total. The monoisotopic (exact) mass is 662 g/mol. The van der Waals surface area contributed by atoms with Crippen LogP contribution >= 0.6 is 0 Å². The van der Waals surface area contributed by atoms with Gasteiger partial charge in [0.1, 0.15) is 17.0 Å². The normalized spacial score (nSPS) is 20.0. The molecule has 2 amide bonds. The van der Waals surface area contributed by atoms with Gasteiger partial charge in [-0.1, -0.05) is 36.4 Å². The summed E-state index contributed by atoms with van der Waals surface area (Å²) in [6, 6.07) is 16.3. The number of hydrogen-bond acceptors (Lipinski definition) is 9. The van der Waals surface area contributed by atoms with Crippen LogP contribution in [0.3, 0.4) is 0 Å². The van der Waals surface area contributed by atoms with Crippen LogP contribution in [-0.4, -0.2) is 78.6 Å². The van der Waals surface area contributed by atoms with E-state index in [0.29, 0.717) is 57.5 Å². The third-order valence-corrected chi connectivity index (χ3v) is 8.21. The van der Waals surface area contributed by atoms with Crippen LogP contribution in [0.15, 0.2) is 60.8 Å². The van der Waals surface area contributed by atoms with Crippen molar-refractivity contribution in [1.82, 2.24) is 20.5 Å². The van der Waals surface area contributed by atoms with Gasteiger partial charge in [-0.25, -0.2) is 19.0 Å². The summed E-state index contributed by atoms with van der Waals surface area (Å²) in [5.41, 5.74) is 2.78. The molecular formula is C36H43FN4O7. The van der Waals surface area contributed by atoms with Crippen molar-refractivity contribution in [1.29, 1.82) is 0 Å². The molecule has 11 nitrogen and oxygen atoms in total. The maximum absolute atomic E-state index is 14.3. The molecule has 0 spiro atoms. The van der Waals surface area contributed by atoms with Crippen LogP contribution in [0.25, 0.3) is 11.1 Å². The summed E-state index contributed by atoms with van der Waals surface area (Å²) in [5.74, 6) is -1.61. The van der Waals surface area contributed by atoms with Gasteiger partial charge in [0.05, 0.1) is 32.0 Å². The number of morpholine rings is 1. The van der Waals surface area contributed by atoms with Gasteiger partial charge in [0.25, 0.3) is 5.91 Å². The number of aromatic nitrogens is 1. The van der Waals surface area contributed by atoms with Gasteiger partial charge >= 0.3 is 12.1 Å². The number of nitrogens with zero attached hydrogens (tertiary/aromatic N) is 2. The topological polar surface area (TPSA) is 128 Å². The van der Waals surface area contributed by atoms with Crippen molar-refractivity contribution < 1.29 is 37.7 Å². The number of ether oxygens (including phenoxy) is 4. The third-order valence-electron chi connectivity index (χ3n) is 8.21. The molecule has 256 valence electrons. The lowest BCUT2D eigenvalue weighted by atomic mass is 9.91. The van der Waals surface area contributed by atoms with Crippen molar-refractivity contribution >= 4 is 18.0 Å². The van der Waals surface area contributed by atoms with E-state index in [1.165, 1.54) is 7.11 Å². The molecule has 2 aliphatic rings. The number of hydrogen-bond donors (Lipinski definition) is 2. The van der Waals surface area contributed by atoms with Crippen molar-refractivity contribution in [3.8, 4) is 17.0 Å². The quantitative estimate of drug-likeness (QED) is 0.287. The maximum Gasteiger partial charge on any atom is 0.407 e. The molecule has 0 bridgehead atoms. The number of alkyl carbamates (subject to hydrolysis) is 1. The highest BCUT2D eigenvalue weighted by atomic mass is 19.1. The predicted octanol–water partition coefficient (Wildman–Crippen LogP) is 5.48. The summed E-state index contributed by atoms with van der Waals surface area (Å²) in [5, 5.41) is 5.87. The second kappa shape index (κ2) is 15.6. The number of carbonyl (C=O) groups is 3. The fourth-order valence-electron chi connectivity index (χ4n) is 5.92. The van der Waals surface area contributed by atoms with Crippen LogP contribution in [0.4, 0.5) is 9.18 Å². The van der Waals surface area contributed by atoms with Crippen LogP contribution in [0, 0.1) is 5.82 Å². The van der Waals surface area contributed by atoms with Crippen LogP contribution in [0.1, 0.15) is 72.7 Å². The van der Waals surface area contributed by atoms with E-state index in [-0.39, 0.29) is 23.5 Å². The largest absolute Gasteiger partial charge is 0.465 e. The Kier molecular flexibility index (Phi) is 11.3. The molecule has 2 fully saturated rings. The number of amides is 2. The van der Waals surface area contributed by atoms with Crippen LogP contribution in [0.5, 0.6) is 5.88 Å². The van der Waals surface area contributed by atoms with Gasteiger partial charge in [0, 0.05) is 25.2 Å². The first-order valence-corrected chi connectivity index (χ1v) is 16.2. The Morgan fingerprint density at radius 1 is 1.00 bits per heavy atom. The fraction of sp³-hybridized carbons (Fsp3) is 0.444. The molecule has 12 heteroatoms. The number of methoxy groups -OCH3 is 1. The van der Waals surface area contributed by atoms with E-state index in [1.54, 1.807) is 6.07 Å². The zero-order valence-corrected chi connectivity index (χ0v) is 27.8. The molecule has 3 aromatic rings. The fourth-order valence-corrected chi connectivity index (χ4v) is 5.92. The molecule has 1 atom stereocenters. The molecule has 1 aliphatic heterocycles. The highest BCUT2D eigenvalue weighted by Crippen LogP contribution is 2.28. The van der Waals surface area contributed by atoms with Crippen molar-refractivity contribution in [2.24, 2.45) is 0 Å². The highest BCUT2D eigenvalue weighted by molar-refractivity contribution is 5.96. The Hall–Kier alpha value is -4.55. The van der Waals surface area contributed by atoms with Crippen LogP contribution in [0.2, 0.25) is 0 Å². The van der Waals surface area contributed by atoms with E-state index in [2.05, 4.69) is 20.5 Å². The lowest BCUT2D eigenvalue weighted by Crippen LogP contribution is -2.46. The Balaban J connectivity index is 1.22. The van der Waals surface area contributed by atoms with Crippen molar-refractivity contribution in [2.75, 3.05) is 26.8 Å².